The number of methoxy groups -OCH3 is 1. The van der Waals surface area contributed by atoms with Crippen LogP contribution in [0.5, 0.6) is 5.75 Å². The molecule has 1 aromatic carbocycles. The zero-order valence-corrected chi connectivity index (χ0v) is 19.1. The van der Waals surface area contributed by atoms with Crippen LogP contribution in [0.25, 0.3) is 0 Å². The number of aryl methyl sites for hydroxylation is 3. The zero-order chi connectivity index (χ0) is 18.8. The highest BCUT2D eigenvalue weighted by Crippen LogP contribution is 2.17. The van der Waals surface area contributed by atoms with E-state index in [0.29, 0.717) is 0 Å². The van der Waals surface area contributed by atoms with Crippen molar-refractivity contribution >= 4 is 29.9 Å². The van der Waals surface area contributed by atoms with E-state index in [9.17, 15) is 0 Å². The molecule has 1 heterocycles. The second kappa shape index (κ2) is 12.6. The predicted molar refractivity (Wildman–Crippen MR) is 122 cm³/mol. The third-order valence-corrected chi connectivity index (χ3v) is 4.12. The molecule has 0 amide bonds. The minimum absolute atomic E-state index is 0. The molecule has 0 radical (unpaired) electrons. The summed E-state index contributed by atoms with van der Waals surface area (Å²) in [7, 11) is 1.71. The first-order valence-electron chi connectivity index (χ1n) is 9.29. The molecule has 2 rings (SSSR count). The first-order chi connectivity index (χ1) is 12.6. The Balaban J connectivity index is 0.00000364. The van der Waals surface area contributed by atoms with E-state index >= 15 is 0 Å². The van der Waals surface area contributed by atoms with Gasteiger partial charge in [-0.25, -0.2) is 0 Å². The van der Waals surface area contributed by atoms with E-state index in [0.717, 1.165) is 56.4 Å². The zero-order valence-electron chi connectivity index (χ0n) is 16.8. The summed E-state index contributed by atoms with van der Waals surface area (Å²) in [6, 6.07) is 10.2. The van der Waals surface area contributed by atoms with Crippen LogP contribution in [0.1, 0.15) is 30.3 Å². The molecule has 0 aliphatic rings. The summed E-state index contributed by atoms with van der Waals surface area (Å²) in [5, 5.41) is 11.2. The van der Waals surface area contributed by atoms with Crippen LogP contribution in [-0.4, -0.2) is 42.5 Å². The highest BCUT2D eigenvalue weighted by molar-refractivity contribution is 14.0. The van der Waals surface area contributed by atoms with Crippen molar-refractivity contribution in [3.63, 3.8) is 0 Å². The van der Waals surface area contributed by atoms with Crippen LogP contribution >= 0.6 is 24.0 Å². The molecule has 0 atom stereocenters. The SMILES string of the molecule is CCNC(=NCCCn1nc(C)cc1C)NCCc1ccccc1OC.I. The van der Waals surface area contributed by atoms with Crippen molar-refractivity contribution in [3.05, 3.63) is 47.3 Å². The minimum atomic E-state index is 0. The normalized spacial score (nSPS) is 11.0. The number of aliphatic imine (C=N–C) groups is 1. The van der Waals surface area contributed by atoms with Crippen molar-refractivity contribution < 1.29 is 4.74 Å². The molecule has 7 heteroatoms. The Labute approximate surface area is 179 Å². The van der Waals surface area contributed by atoms with Crippen molar-refractivity contribution in [1.29, 1.82) is 0 Å². The van der Waals surface area contributed by atoms with Gasteiger partial charge in [0.1, 0.15) is 5.75 Å². The van der Waals surface area contributed by atoms with Crippen molar-refractivity contribution in [2.45, 2.75) is 40.2 Å². The van der Waals surface area contributed by atoms with Gasteiger partial charge in [-0.2, -0.15) is 5.10 Å². The van der Waals surface area contributed by atoms with Gasteiger partial charge in [0, 0.05) is 31.9 Å². The van der Waals surface area contributed by atoms with E-state index in [1.807, 2.05) is 29.8 Å². The molecule has 1 aromatic heterocycles. The maximum atomic E-state index is 5.40. The standard InChI is InChI=1S/C20H31N5O.HI/c1-5-21-20(22-12-8-14-25-17(3)15-16(2)24-25)23-13-11-18-9-6-7-10-19(18)26-4;/h6-7,9-10,15H,5,8,11-14H2,1-4H3,(H2,21,22,23);1H. The third-order valence-electron chi connectivity index (χ3n) is 4.12. The van der Waals surface area contributed by atoms with E-state index in [-0.39, 0.29) is 24.0 Å². The number of ether oxygens (including phenoxy) is 1. The van der Waals surface area contributed by atoms with E-state index in [1.165, 1.54) is 11.3 Å². The molecule has 0 unspecified atom stereocenters. The first kappa shape index (κ1) is 23.3. The highest BCUT2D eigenvalue weighted by atomic mass is 127. The lowest BCUT2D eigenvalue weighted by atomic mass is 10.1. The number of benzene rings is 1. The van der Waals surface area contributed by atoms with Crippen LogP contribution in [-0.2, 0) is 13.0 Å². The number of nitrogens with one attached hydrogen (secondary N) is 2. The Bertz CT molecular complexity index is 714. The second-order valence-electron chi connectivity index (χ2n) is 6.25. The van der Waals surface area contributed by atoms with Gasteiger partial charge in [-0.15, -0.1) is 24.0 Å². The third kappa shape index (κ3) is 7.78. The lowest BCUT2D eigenvalue weighted by Crippen LogP contribution is -2.38. The molecular formula is C20H32IN5O. The average Bonchev–Trinajstić information content (AvgIpc) is 2.96. The van der Waals surface area contributed by atoms with Crippen molar-refractivity contribution in [2.75, 3.05) is 26.7 Å². The van der Waals surface area contributed by atoms with Crippen molar-refractivity contribution in [3.8, 4) is 5.75 Å². The summed E-state index contributed by atoms with van der Waals surface area (Å²) in [6.07, 6.45) is 1.85. The molecule has 27 heavy (non-hydrogen) atoms. The van der Waals surface area contributed by atoms with Gasteiger partial charge < -0.3 is 15.4 Å². The van der Waals surface area contributed by atoms with Crippen molar-refractivity contribution in [2.24, 2.45) is 4.99 Å². The van der Waals surface area contributed by atoms with Gasteiger partial charge >= 0.3 is 0 Å². The molecule has 0 bridgehead atoms. The molecule has 0 spiro atoms. The summed E-state index contributed by atoms with van der Waals surface area (Å²) < 4.78 is 7.45. The second-order valence-corrected chi connectivity index (χ2v) is 6.25. The van der Waals surface area contributed by atoms with Gasteiger partial charge in [0.15, 0.2) is 5.96 Å². The summed E-state index contributed by atoms with van der Waals surface area (Å²) in [4.78, 5) is 4.66. The smallest absolute Gasteiger partial charge is 0.191 e. The molecule has 2 aromatic rings. The van der Waals surface area contributed by atoms with Crippen LogP contribution in [0.3, 0.4) is 0 Å². The fourth-order valence-electron chi connectivity index (χ4n) is 2.88. The van der Waals surface area contributed by atoms with E-state index in [1.54, 1.807) is 7.11 Å². The molecule has 0 aliphatic heterocycles. The van der Waals surface area contributed by atoms with Crippen LogP contribution in [0.2, 0.25) is 0 Å². The summed E-state index contributed by atoms with van der Waals surface area (Å²) in [5.41, 5.74) is 3.47. The van der Waals surface area contributed by atoms with Gasteiger partial charge in [0.05, 0.1) is 12.8 Å². The minimum Gasteiger partial charge on any atom is -0.496 e. The predicted octanol–water partition coefficient (Wildman–Crippen LogP) is 3.31. The monoisotopic (exact) mass is 485 g/mol. The number of nitrogens with zero attached hydrogens (tertiary/aromatic N) is 3. The Morgan fingerprint density at radius 2 is 2.00 bits per heavy atom. The number of aromatic nitrogens is 2. The molecule has 0 saturated heterocycles. The van der Waals surface area contributed by atoms with Gasteiger partial charge in [0.25, 0.3) is 0 Å². The van der Waals surface area contributed by atoms with E-state index in [4.69, 9.17) is 4.74 Å². The first-order valence-corrected chi connectivity index (χ1v) is 9.29. The lowest BCUT2D eigenvalue weighted by molar-refractivity contribution is 0.409. The van der Waals surface area contributed by atoms with Gasteiger partial charge in [-0.3, -0.25) is 9.67 Å². The molecule has 0 fully saturated rings. The Kier molecular flexibility index (Phi) is 10.8. The fourth-order valence-corrected chi connectivity index (χ4v) is 2.88. The number of halogens is 1. The van der Waals surface area contributed by atoms with Crippen LogP contribution < -0.4 is 15.4 Å². The van der Waals surface area contributed by atoms with Crippen LogP contribution in [0, 0.1) is 13.8 Å². The number of hydrogen-bond acceptors (Lipinski definition) is 3. The van der Waals surface area contributed by atoms with Crippen molar-refractivity contribution in [1.82, 2.24) is 20.4 Å². The van der Waals surface area contributed by atoms with E-state index in [2.05, 4.69) is 46.7 Å². The van der Waals surface area contributed by atoms with Crippen LogP contribution in [0.4, 0.5) is 0 Å². The van der Waals surface area contributed by atoms with Gasteiger partial charge in [-0.05, 0) is 51.3 Å². The Morgan fingerprint density at radius 3 is 2.67 bits per heavy atom. The maximum Gasteiger partial charge on any atom is 0.191 e. The molecule has 2 N–H and O–H groups in total. The maximum absolute atomic E-state index is 5.40. The largest absolute Gasteiger partial charge is 0.496 e. The number of para-hydroxylation sites is 1. The Morgan fingerprint density at radius 1 is 1.22 bits per heavy atom. The fraction of sp³-hybridized carbons (Fsp3) is 0.500. The summed E-state index contributed by atoms with van der Waals surface area (Å²) >= 11 is 0. The lowest BCUT2D eigenvalue weighted by Gasteiger charge is -2.13. The molecule has 6 nitrogen and oxygen atoms in total. The van der Waals surface area contributed by atoms with Gasteiger partial charge in [-0.1, -0.05) is 18.2 Å². The van der Waals surface area contributed by atoms with E-state index < -0.39 is 0 Å². The summed E-state index contributed by atoms with van der Waals surface area (Å²) in [5.74, 6) is 1.79. The number of rotatable bonds is 9. The molecule has 0 saturated carbocycles. The van der Waals surface area contributed by atoms with Gasteiger partial charge in [0.2, 0.25) is 0 Å². The molecule has 150 valence electrons. The average molecular weight is 485 g/mol. The Hall–Kier alpha value is -1.77. The summed E-state index contributed by atoms with van der Waals surface area (Å²) in [6.45, 7) is 9.50. The van der Waals surface area contributed by atoms with Crippen LogP contribution in [0.15, 0.2) is 35.3 Å². The topological polar surface area (TPSA) is 63.5 Å². The number of guanidine groups is 1. The number of hydrogen-bond donors (Lipinski definition) is 2. The quantitative estimate of drug-likeness (QED) is 0.248. The molecule has 0 aliphatic carbocycles. The highest BCUT2D eigenvalue weighted by Gasteiger charge is 2.03. The molecular weight excluding hydrogens is 453 g/mol.